The Balaban J connectivity index is 1.56. The summed E-state index contributed by atoms with van der Waals surface area (Å²) in [6, 6.07) is 13.8. The average molecular weight is 368 g/mol. The topological polar surface area (TPSA) is 50.8 Å². The molecular weight excluding hydrogens is 340 g/mol. The molecule has 5 nitrogen and oxygen atoms in total. The number of fused-ring (bicyclic) bond motifs is 1. The summed E-state index contributed by atoms with van der Waals surface area (Å²) in [5.41, 5.74) is 3.17. The number of benzene rings is 2. The molecule has 0 spiro atoms. The number of hydrogen-bond donors (Lipinski definition) is 1. The van der Waals surface area contributed by atoms with Gasteiger partial charge in [-0.1, -0.05) is 44.2 Å². The van der Waals surface area contributed by atoms with Crippen LogP contribution in [0.1, 0.15) is 30.9 Å². The highest BCUT2D eigenvalue weighted by atomic mass is 16.6. The molecule has 0 radical (unpaired) electrons. The van der Waals surface area contributed by atoms with Crippen LogP contribution >= 0.6 is 0 Å². The van der Waals surface area contributed by atoms with Gasteiger partial charge in [-0.2, -0.15) is 0 Å². The lowest BCUT2D eigenvalue weighted by Gasteiger charge is -2.29. The average Bonchev–Trinajstić information content (AvgIpc) is 2.63. The molecule has 1 amide bonds. The van der Waals surface area contributed by atoms with Crippen LogP contribution < -0.4 is 14.8 Å². The molecule has 0 unspecified atom stereocenters. The monoisotopic (exact) mass is 368 g/mol. The fourth-order valence-electron chi connectivity index (χ4n) is 3.33. The Labute approximate surface area is 161 Å². The van der Waals surface area contributed by atoms with E-state index in [1.807, 2.05) is 55.3 Å². The van der Waals surface area contributed by atoms with Crippen LogP contribution in [-0.2, 0) is 4.79 Å². The van der Waals surface area contributed by atoms with Gasteiger partial charge in [-0.05, 0) is 43.1 Å². The van der Waals surface area contributed by atoms with Crippen molar-refractivity contribution in [3.05, 3.63) is 53.6 Å². The van der Waals surface area contributed by atoms with Gasteiger partial charge in [-0.25, -0.2) is 0 Å². The number of nitrogens with one attached hydrogen (secondary N) is 1. The number of aryl methyl sites for hydroxylation is 1. The van der Waals surface area contributed by atoms with Crippen molar-refractivity contribution < 1.29 is 14.3 Å². The number of para-hydroxylation sites is 3. The molecule has 27 heavy (non-hydrogen) atoms. The lowest BCUT2D eigenvalue weighted by atomic mass is 9.98. The number of hydrogen-bond acceptors (Lipinski definition) is 4. The van der Waals surface area contributed by atoms with E-state index in [2.05, 4.69) is 25.2 Å². The molecule has 2 aromatic rings. The minimum atomic E-state index is -0.0950. The summed E-state index contributed by atoms with van der Waals surface area (Å²) in [7, 11) is 1.92. The number of ether oxygens (including phenoxy) is 2. The fraction of sp³-hybridized carbons (Fsp3) is 0.409. The number of rotatable bonds is 6. The van der Waals surface area contributed by atoms with Crippen LogP contribution in [0.25, 0.3) is 0 Å². The Kier molecular flexibility index (Phi) is 6.01. The first-order valence-electron chi connectivity index (χ1n) is 9.40. The molecule has 3 rings (SSSR count). The highest BCUT2D eigenvalue weighted by molar-refractivity contribution is 5.93. The molecule has 0 bridgehead atoms. The second-order valence-corrected chi connectivity index (χ2v) is 7.44. The van der Waals surface area contributed by atoms with E-state index in [4.69, 9.17) is 9.47 Å². The largest absolute Gasteiger partial charge is 0.486 e. The van der Waals surface area contributed by atoms with E-state index in [-0.39, 0.29) is 12.0 Å². The standard InChI is InChI=1S/C22H28N2O3/c1-15(2)18-9-7-8-16(3)22(18)23-21(25)13-24(4)12-17-14-26-19-10-5-6-11-20(19)27-17/h5-11,15,17H,12-14H2,1-4H3,(H,23,25)/t17-/m1/s1. The summed E-state index contributed by atoms with van der Waals surface area (Å²) < 4.78 is 11.7. The van der Waals surface area contributed by atoms with Gasteiger partial charge in [0.15, 0.2) is 11.5 Å². The molecule has 144 valence electrons. The van der Waals surface area contributed by atoms with E-state index < -0.39 is 0 Å². The van der Waals surface area contributed by atoms with Crippen molar-refractivity contribution in [2.75, 3.05) is 32.1 Å². The minimum absolute atomic E-state index is 0.0224. The van der Waals surface area contributed by atoms with Crippen molar-refractivity contribution in [2.45, 2.75) is 32.8 Å². The third kappa shape index (κ3) is 4.80. The van der Waals surface area contributed by atoms with Crippen LogP contribution in [0, 0.1) is 6.92 Å². The Bertz CT molecular complexity index is 804. The lowest BCUT2D eigenvalue weighted by Crippen LogP contribution is -2.42. The molecule has 1 N–H and O–H groups in total. The van der Waals surface area contributed by atoms with Crippen LogP contribution in [0.5, 0.6) is 11.5 Å². The third-order valence-electron chi connectivity index (χ3n) is 4.69. The smallest absolute Gasteiger partial charge is 0.238 e. The molecule has 2 aromatic carbocycles. The first kappa shape index (κ1) is 19.2. The van der Waals surface area contributed by atoms with E-state index in [1.54, 1.807) is 0 Å². The quantitative estimate of drug-likeness (QED) is 0.842. The maximum Gasteiger partial charge on any atom is 0.238 e. The molecule has 1 aliphatic heterocycles. The molecule has 5 heteroatoms. The summed E-state index contributed by atoms with van der Waals surface area (Å²) in [5.74, 6) is 1.86. The van der Waals surface area contributed by atoms with Crippen molar-refractivity contribution in [3.63, 3.8) is 0 Å². The molecule has 0 aromatic heterocycles. The number of nitrogens with zero attached hydrogens (tertiary/aromatic N) is 1. The number of amides is 1. The van der Waals surface area contributed by atoms with Gasteiger partial charge in [-0.3, -0.25) is 9.69 Å². The van der Waals surface area contributed by atoms with Gasteiger partial charge >= 0.3 is 0 Å². The maximum absolute atomic E-state index is 12.6. The molecule has 1 heterocycles. The van der Waals surface area contributed by atoms with Gasteiger partial charge in [0.05, 0.1) is 6.54 Å². The summed E-state index contributed by atoms with van der Waals surface area (Å²) in [6.07, 6.45) is -0.0950. The zero-order valence-corrected chi connectivity index (χ0v) is 16.5. The highest BCUT2D eigenvalue weighted by Crippen LogP contribution is 2.31. The number of likely N-dealkylation sites (N-methyl/N-ethyl adjacent to an activating group) is 1. The number of carbonyl (C=O) groups is 1. The summed E-state index contributed by atoms with van der Waals surface area (Å²) in [6.45, 7) is 7.69. The van der Waals surface area contributed by atoms with Gasteiger partial charge in [0.25, 0.3) is 0 Å². The van der Waals surface area contributed by atoms with Gasteiger partial charge in [0, 0.05) is 12.2 Å². The first-order valence-corrected chi connectivity index (χ1v) is 9.40. The van der Waals surface area contributed by atoms with Gasteiger partial charge in [0.2, 0.25) is 5.91 Å². The zero-order valence-electron chi connectivity index (χ0n) is 16.5. The summed E-state index contributed by atoms with van der Waals surface area (Å²) >= 11 is 0. The molecule has 0 saturated heterocycles. The van der Waals surface area contributed by atoms with Crippen molar-refractivity contribution in [1.29, 1.82) is 0 Å². The van der Waals surface area contributed by atoms with E-state index in [0.717, 1.165) is 28.3 Å². The first-order chi connectivity index (χ1) is 12.9. The van der Waals surface area contributed by atoms with Crippen molar-refractivity contribution >= 4 is 11.6 Å². The van der Waals surface area contributed by atoms with Gasteiger partial charge in [0.1, 0.15) is 12.7 Å². The Morgan fingerprint density at radius 3 is 2.67 bits per heavy atom. The van der Waals surface area contributed by atoms with E-state index in [1.165, 1.54) is 0 Å². The Morgan fingerprint density at radius 1 is 1.19 bits per heavy atom. The second kappa shape index (κ2) is 8.44. The predicted octanol–water partition coefficient (Wildman–Crippen LogP) is 3.83. The van der Waals surface area contributed by atoms with Crippen LogP contribution in [0.15, 0.2) is 42.5 Å². The molecule has 0 fully saturated rings. The fourth-order valence-corrected chi connectivity index (χ4v) is 3.33. The van der Waals surface area contributed by atoms with E-state index in [0.29, 0.717) is 25.6 Å². The Hall–Kier alpha value is -2.53. The van der Waals surface area contributed by atoms with Crippen molar-refractivity contribution in [3.8, 4) is 11.5 Å². The summed E-state index contributed by atoms with van der Waals surface area (Å²) in [5, 5.41) is 3.09. The van der Waals surface area contributed by atoms with Crippen LogP contribution in [0.3, 0.4) is 0 Å². The van der Waals surface area contributed by atoms with Crippen molar-refractivity contribution in [2.24, 2.45) is 0 Å². The molecule has 1 aliphatic rings. The van der Waals surface area contributed by atoms with E-state index in [9.17, 15) is 4.79 Å². The maximum atomic E-state index is 12.6. The van der Waals surface area contributed by atoms with Crippen LogP contribution in [-0.4, -0.2) is 43.7 Å². The van der Waals surface area contributed by atoms with Crippen LogP contribution in [0.2, 0.25) is 0 Å². The van der Waals surface area contributed by atoms with Crippen LogP contribution in [0.4, 0.5) is 5.69 Å². The molecule has 0 aliphatic carbocycles. The van der Waals surface area contributed by atoms with E-state index >= 15 is 0 Å². The Morgan fingerprint density at radius 2 is 1.93 bits per heavy atom. The molecule has 0 saturated carbocycles. The normalized spacial score (nSPS) is 15.9. The van der Waals surface area contributed by atoms with Gasteiger partial charge < -0.3 is 14.8 Å². The number of anilines is 1. The highest BCUT2D eigenvalue weighted by Gasteiger charge is 2.23. The zero-order chi connectivity index (χ0) is 19.4. The predicted molar refractivity (Wildman–Crippen MR) is 108 cm³/mol. The molecular formula is C22H28N2O3. The van der Waals surface area contributed by atoms with Gasteiger partial charge in [-0.15, -0.1) is 0 Å². The van der Waals surface area contributed by atoms with Crippen molar-refractivity contribution in [1.82, 2.24) is 4.90 Å². The summed E-state index contributed by atoms with van der Waals surface area (Å²) in [4.78, 5) is 14.5. The SMILES string of the molecule is Cc1cccc(C(C)C)c1NC(=O)CN(C)C[C@@H]1COc2ccccc2O1. The molecule has 1 atom stereocenters. The lowest BCUT2D eigenvalue weighted by molar-refractivity contribution is -0.117. The third-order valence-corrected chi connectivity index (χ3v) is 4.69. The number of carbonyl (C=O) groups excluding carboxylic acids is 1. The minimum Gasteiger partial charge on any atom is -0.486 e. The second-order valence-electron chi connectivity index (χ2n) is 7.44.